The second kappa shape index (κ2) is 6.24. The summed E-state index contributed by atoms with van der Waals surface area (Å²) < 4.78 is 0. The molecule has 2 aromatic heterocycles. The highest BCUT2D eigenvalue weighted by Gasteiger charge is 2.08. The first-order valence-corrected chi connectivity index (χ1v) is 8.02. The van der Waals surface area contributed by atoms with Gasteiger partial charge in [-0.25, -0.2) is 14.8 Å². The molecule has 0 aliphatic carbocycles. The number of nitrogens with one attached hydrogen (secondary N) is 3. The van der Waals surface area contributed by atoms with Gasteiger partial charge in [0, 0.05) is 24.5 Å². The van der Waals surface area contributed by atoms with E-state index in [-0.39, 0.29) is 5.69 Å². The Kier molecular flexibility index (Phi) is 3.78. The number of imidazole rings is 1. The maximum absolute atomic E-state index is 11.4. The Hall–Kier alpha value is -3.41. The number of H-pyrrole nitrogens is 2. The number of hydrogen-bond acceptors (Lipinski definition) is 4. The molecule has 0 aliphatic rings. The second-order valence-corrected chi connectivity index (χ2v) is 5.93. The molecule has 0 radical (unpaired) electrons. The van der Waals surface area contributed by atoms with Crippen molar-refractivity contribution in [1.82, 2.24) is 19.9 Å². The molecule has 6 heteroatoms. The maximum Gasteiger partial charge on any atom is 0.323 e. The number of rotatable bonds is 4. The third kappa shape index (κ3) is 3.14. The zero-order valence-corrected chi connectivity index (χ0v) is 13.7. The Morgan fingerprint density at radius 2 is 1.68 bits per heavy atom. The number of aryl methyl sites for hydroxylation is 1. The number of aromatic amines is 2. The lowest BCUT2D eigenvalue weighted by atomic mass is 10.0. The molecule has 0 bridgehead atoms. The van der Waals surface area contributed by atoms with Crippen LogP contribution < -0.4 is 11.0 Å². The number of aromatic nitrogens is 4. The summed E-state index contributed by atoms with van der Waals surface area (Å²) in [6, 6.07) is 14.0. The SMILES string of the molecule is Cc1cc2[nH]c(=O)[nH]c2cc1-c1cnc(NCc2ccccc2)nc1. The van der Waals surface area contributed by atoms with E-state index in [1.807, 2.05) is 37.3 Å². The molecule has 0 saturated heterocycles. The minimum atomic E-state index is -0.205. The molecule has 0 amide bonds. The summed E-state index contributed by atoms with van der Waals surface area (Å²) in [5.41, 5.74) is 5.50. The van der Waals surface area contributed by atoms with E-state index in [9.17, 15) is 4.79 Å². The van der Waals surface area contributed by atoms with Crippen molar-refractivity contribution in [3.63, 3.8) is 0 Å². The van der Waals surface area contributed by atoms with Crippen molar-refractivity contribution in [2.75, 3.05) is 5.32 Å². The van der Waals surface area contributed by atoms with Crippen LogP contribution in [0.1, 0.15) is 11.1 Å². The molecule has 4 aromatic rings. The maximum atomic E-state index is 11.4. The fourth-order valence-corrected chi connectivity index (χ4v) is 2.84. The summed E-state index contributed by atoms with van der Waals surface area (Å²) in [6.45, 7) is 2.68. The Morgan fingerprint density at radius 3 is 2.40 bits per heavy atom. The minimum Gasteiger partial charge on any atom is -0.350 e. The van der Waals surface area contributed by atoms with Crippen molar-refractivity contribution in [2.45, 2.75) is 13.5 Å². The molecule has 0 aliphatic heterocycles. The topological polar surface area (TPSA) is 86.5 Å². The first-order valence-electron chi connectivity index (χ1n) is 8.02. The lowest BCUT2D eigenvalue weighted by Gasteiger charge is -2.08. The fourth-order valence-electron chi connectivity index (χ4n) is 2.84. The summed E-state index contributed by atoms with van der Waals surface area (Å²) in [7, 11) is 0. The van der Waals surface area contributed by atoms with Crippen molar-refractivity contribution in [1.29, 1.82) is 0 Å². The molecule has 6 nitrogen and oxygen atoms in total. The van der Waals surface area contributed by atoms with Gasteiger partial charge in [0.1, 0.15) is 0 Å². The van der Waals surface area contributed by atoms with E-state index < -0.39 is 0 Å². The van der Waals surface area contributed by atoms with Crippen molar-refractivity contribution >= 4 is 17.0 Å². The highest BCUT2D eigenvalue weighted by molar-refractivity contribution is 5.83. The minimum absolute atomic E-state index is 0.205. The molecule has 25 heavy (non-hydrogen) atoms. The molecule has 0 saturated carbocycles. The number of benzene rings is 2. The average molecular weight is 331 g/mol. The first-order chi connectivity index (χ1) is 12.2. The van der Waals surface area contributed by atoms with Crippen LogP contribution in [0.4, 0.5) is 5.95 Å². The van der Waals surface area contributed by atoms with Crippen LogP contribution in [0.15, 0.2) is 59.7 Å². The molecule has 0 atom stereocenters. The molecule has 4 rings (SSSR count). The molecule has 0 spiro atoms. The van der Waals surface area contributed by atoms with Crippen LogP contribution in [-0.4, -0.2) is 19.9 Å². The van der Waals surface area contributed by atoms with Crippen molar-refractivity contribution in [2.24, 2.45) is 0 Å². The van der Waals surface area contributed by atoms with Crippen LogP contribution in [0.2, 0.25) is 0 Å². The van der Waals surface area contributed by atoms with Gasteiger partial charge in [-0.1, -0.05) is 30.3 Å². The predicted octanol–water partition coefficient (Wildman–Crippen LogP) is 3.23. The quantitative estimate of drug-likeness (QED) is 0.536. The zero-order chi connectivity index (χ0) is 17.2. The van der Waals surface area contributed by atoms with Crippen molar-refractivity contribution in [3.8, 4) is 11.1 Å². The van der Waals surface area contributed by atoms with Crippen LogP contribution in [0.5, 0.6) is 0 Å². The molecular formula is C19H17N5O. The van der Waals surface area contributed by atoms with Gasteiger partial charge in [-0.3, -0.25) is 0 Å². The predicted molar refractivity (Wildman–Crippen MR) is 98.5 cm³/mol. The molecular weight excluding hydrogens is 314 g/mol. The van der Waals surface area contributed by atoms with Gasteiger partial charge < -0.3 is 15.3 Å². The van der Waals surface area contributed by atoms with Gasteiger partial charge in [-0.2, -0.15) is 0 Å². The summed E-state index contributed by atoms with van der Waals surface area (Å²) >= 11 is 0. The van der Waals surface area contributed by atoms with Crippen LogP contribution >= 0.6 is 0 Å². The monoisotopic (exact) mass is 331 g/mol. The van der Waals surface area contributed by atoms with Gasteiger partial charge in [0.2, 0.25) is 5.95 Å². The largest absolute Gasteiger partial charge is 0.350 e. The van der Waals surface area contributed by atoms with Gasteiger partial charge in [0.15, 0.2) is 0 Å². The first kappa shape index (κ1) is 15.1. The Balaban J connectivity index is 1.57. The Bertz CT molecular complexity index is 1060. The van der Waals surface area contributed by atoms with Crippen LogP contribution in [0, 0.1) is 6.92 Å². The summed E-state index contributed by atoms with van der Waals surface area (Å²) in [6.07, 6.45) is 3.58. The lowest BCUT2D eigenvalue weighted by molar-refractivity contribution is 1.05. The van der Waals surface area contributed by atoms with Gasteiger partial charge in [-0.05, 0) is 35.7 Å². The smallest absolute Gasteiger partial charge is 0.323 e. The van der Waals surface area contributed by atoms with Crippen LogP contribution in [0.25, 0.3) is 22.2 Å². The van der Waals surface area contributed by atoms with Gasteiger partial charge in [-0.15, -0.1) is 0 Å². The standard InChI is InChI=1S/C19H17N5O/c1-12-7-16-17(24-19(25)23-16)8-15(12)14-10-21-18(22-11-14)20-9-13-5-3-2-4-6-13/h2-8,10-11H,9H2,1H3,(H,20,21,22)(H2,23,24,25). The molecule has 124 valence electrons. The number of hydrogen-bond donors (Lipinski definition) is 3. The summed E-state index contributed by atoms with van der Waals surface area (Å²) in [5, 5.41) is 3.21. The summed E-state index contributed by atoms with van der Waals surface area (Å²) in [4.78, 5) is 25.8. The normalized spacial score (nSPS) is 10.9. The van der Waals surface area contributed by atoms with E-state index in [0.29, 0.717) is 12.5 Å². The molecule has 3 N–H and O–H groups in total. The van der Waals surface area contributed by atoms with E-state index in [4.69, 9.17) is 0 Å². The Morgan fingerprint density at radius 1 is 1.00 bits per heavy atom. The van der Waals surface area contributed by atoms with Crippen molar-refractivity contribution in [3.05, 3.63) is 76.5 Å². The highest BCUT2D eigenvalue weighted by Crippen LogP contribution is 2.26. The van der Waals surface area contributed by atoms with E-state index >= 15 is 0 Å². The van der Waals surface area contributed by atoms with E-state index in [2.05, 4.69) is 37.4 Å². The molecule has 2 aromatic carbocycles. The van der Waals surface area contributed by atoms with E-state index in [1.54, 1.807) is 12.4 Å². The third-order valence-electron chi connectivity index (χ3n) is 4.12. The lowest BCUT2D eigenvalue weighted by Crippen LogP contribution is -2.03. The molecule has 2 heterocycles. The number of anilines is 1. The second-order valence-electron chi connectivity index (χ2n) is 5.93. The average Bonchev–Trinajstić information content (AvgIpc) is 2.99. The Labute approximate surface area is 144 Å². The van der Waals surface area contributed by atoms with Gasteiger partial charge in [0.05, 0.1) is 11.0 Å². The third-order valence-corrected chi connectivity index (χ3v) is 4.12. The van der Waals surface area contributed by atoms with Crippen LogP contribution in [0.3, 0.4) is 0 Å². The van der Waals surface area contributed by atoms with E-state index in [1.165, 1.54) is 5.56 Å². The zero-order valence-electron chi connectivity index (χ0n) is 13.7. The fraction of sp³-hybridized carbons (Fsp3) is 0.105. The van der Waals surface area contributed by atoms with Crippen molar-refractivity contribution < 1.29 is 0 Å². The van der Waals surface area contributed by atoms with E-state index in [0.717, 1.165) is 27.7 Å². The van der Waals surface area contributed by atoms with Gasteiger partial charge in [0.25, 0.3) is 0 Å². The highest BCUT2D eigenvalue weighted by atomic mass is 16.1. The molecule has 0 fully saturated rings. The molecule has 0 unspecified atom stereocenters. The number of fused-ring (bicyclic) bond motifs is 1. The van der Waals surface area contributed by atoms with Crippen LogP contribution in [-0.2, 0) is 6.54 Å². The summed E-state index contributed by atoms with van der Waals surface area (Å²) in [5.74, 6) is 0.585. The van der Waals surface area contributed by atoms with Gasteiger partial charge >= 0.3 is 5.69 Å². The number of nitrogens with zero attached hydrogens (tertiary/aromatic N) is 2.